The van der Waals surface area contributed by atoms with E-state index in [0.717, 1.165) is 36.3 Å². The number of hydrogen-bond donors (Lipinski definition) is 1. The topological polar surface area (TPSA) is 44.5 Å². The van der Waals surface area contributed by atoms with Crippen LogP contribution in [0.1, 0.15) is 30.9 Å². The fourth-order valence-corrected chi connectivity index (χ4v) is 2.03. The third-order valence-corrected chi connectivity index (χ3v) is 2.92. The minimum absolute atomic E-state index is 0.00611. The van der Waals surface area contributed by atoms with Crippen molar-refractivity contribution < 1.29 is 9.47 Å². The molecule has 0 aromatic heterocycles. The van der Waals surface area contributed by atoms with Gasteiger partial charge in [-0.15, -0.1) is 6.58 Å². The van der Waals surface area contributed by atoms with Gasteiger partial charge < -0.3 is 15.2 Å². The number of rotatable bonds is 5. The first-order valence-electron chi connectivity index (χ1n) is 6.08. The molecule has 1 aliphatic rings. The van der Waals surface area contributed by atoms with Crippen LogP contribution in [0.2, 0.25) is 0 Å². The number of allylic oxidation sites excluding steroid dienone is 1. The van der Waals surface area contributed by atoms with E-state index >= 15 is 0 Å². The molecule has 0 aliphatic carbocycles. The highest BCUT2D eigenvalue weighted by atomic mass is 16.6. The SMILES string of the molecule is C=CCCCC(N)c1cccc2c1OCCO2. The summed E-state index contributed by atoms with van der Waals surface area (Å²) in [5.74, 6) is 1.64. The zero-order chi connectivity index (χ0) is 12.1. The zero-order valence-electron chi connectivity index (χ0n) is 10.0. The summed E-state index contributed by atoms with van der Waals surface area (Å²) in [6, 6.07) is 5.92. The van der Waals surface area contributed by atoms with Crippen LogP contribution in [0.5, 0.6) is 11.5 Å². The van der Waals surface area contributed by atoms with Gasteiger partial charge in [0.25, 0.3) is 0 Å². The Hall–Kier alpha value is -1.48. The van der Waals surface area contributed by atoms with Crippen LogP contribution in [0.25, 0.3) is 0 Å². The molecule has 1 aromatic carbocycles. The van der Waals surface area contributed by atoms with Gasteiger partial charge in [-0.2, -0.15) is 0 Å². The van der Waals surface area contributed by atoms with Crippen molar-refractivity contribution in [3.05, 3.63) is 36.4 Å². The van der Waals surface area contributed by atoms with Crippen LogP contribution in [0.15, 0.2) is 30.9 Å². The molecule has 1 atom stereocenters. The lowest BCUT2D eigenvalue weighted by Gasteiger charge is -2.23. The van der Waals surface area contributed by atoms with E-state index in [1.165, 1.54) is 0 Å². The summed E-state index contributed by atoms with van der Waals surface area (Å²) in [6.45, 7) is 4.93. The quantitative estimate of drug-likeness (QED) is 0.628. The second kappa shape index (κ2) is 5.73. The Kier molecular flexibility index (Phi) is 4.04. The largest absolute Gasteiger partial charge is 0.486 e. The number of ether oxygens (including phenoxy) is 2. The summed E-state index contributed by atoms with van der Waals surface area (Å²) in [7, 11) is 0. The lowest BCUT2D eigenvalue weighted by Crippen LogP contribution is -2.19. The first-order valence-corrected chi connectivity index (χ1v) is 6.08. The molecule has 3 heteroatoms. The second-order valence-corrected chi connectivity index (χ2v) is 4.20. The Morgan fingerprint density at radius 1 is 1.35 bits per heavy atom. The maximum Gasteiger partial charge on any atom is 0.166 e. The van der Waals surface area contributed by atoms with E-state index < -0.39 is 0 Å². The minimum atomic E-state index is 0.00611. The van der Waals surface area contributed by atoms with Gasteiger partial charge in [-0.3, -0.25) is 0 Å². The Morgan fingerprint density at radius 3 is 3.00 bits per heavy atom. The summed E-state index contributed by atoms with van der Waals surface area (Å²) in [6.07, 6.45) is 4.91. The van der Waals surface area contributed by atoms with Gasteiger partial charge >= 0.3 is 0 Å². The number of benzene rings is 1. The van der Waals surface area contributed by atoms with Crippen molar-refractivity contribution in [2.45, 2.75) is 25.3 Å². The molecule has 1 heterocycles. The van der Waals surface area contributed by atoms with Gasteiger partial charge in [0.05, 0.1) is 0 Å². The van der Waals surface area contributed by atoms with Gasteiger partial charge in [0.15, 0.2) is 11.5 Å². The summed E-state index contributed by atoms with van der Waals surface area (Å²) in [5.41, 5.74) is 7.24. The molecule has 17 heavy (non-hydrogen) atoms. The molecule has 2 rings (SSSR count). The van der Waals surface area contributed by atoms with E-state index in [9.17, 15) is 0 Å². The molecular weight excluding hydrogens is 214 g/mol. The van der Waals surface area contributed by atoms with Crippen LogP contribution in [0, 0.1) is 0 Å². The van der Waals surface area contributed by atoms with Crippen molar-refractivity contribution in [1.29, 1.82) is 0 Å². The normalized spacial score (nSPS) is 15.4. The fourth-order valence-electron chi connectivity index (χ4n) is 2.03. The standard InChI is InChI=1S/C14H19NO2/c1-2-3-4-7-12(15)11-6-5-8-13-14(11)17-10-9-16-13/h2,5-6,8,12H,1,3-4,7,9-10,15H2. The van der Waals surface area contributed by atoms with Gasteiger partial charge in [0.1, 0.15) is 13.2 Å². The summed E-state index contributed by atoms with van der Waals surface area (Å²) < 4.78 is 11.2. The number of hydrogen-bond acceptors (Lipinski definition) is 3. The molecular formula is C14H19NO2. The first-order chi connectivity index (χ1) is 8.33. The van der Waals surface area contributed by atoms with Gasteiger partial charge in [0, 0.05) is 11.6 Å². The van der Waals surface area contributed by atoms with Gasteiger partial charge in [-0.05, 0) is 25.3 Å². The highest BCUT2D eigenvalue weighted by Gasteiger charge is 2.19. The molecule has 0 radical (unpaired) electrons. The molecule has 1 aromatic rings. The Balaban J connectivity index is 2.11. The number of para-hydroxylation sites is 1. The van der Waals surface area contributed by atoms with Crippen LogP contribution in [0.4, 0.5) is 0 Å². The average Bonchev–Trinajstić information content (AvgIpc) is 2.38. The van der Waals surface area contributed by atoms with Crippen LogP contribution in [-0.2, 0) is 0 Å². The molecule has 1 unspecified atom stereocenters. The Labute approximate surface area is 102 Å². The monoisotopic (exact) mass is 233 g/mol. The van der Waals surface area contributed by atoms with E-state index in [2.05, 4.69) is 6.58 Å². The van der Waals surface area contributed by atoms with E-state index in [-0.39, 0.29) is 6.04 Å². The Morgan fingerprint density at radius 2 is 2.18 bits per heavy atom. The minimum Gasteiger partial charge on any atom is -0.486 e. The molecule has 0 fully saturated rings. The predicted octanol–water partition coefficient (Wildman–Crippen LogP) is 2.81. The lowest BCUT2D eigenvalue weighted by atomic mass is 10.0. The van der Waals surface area contributed by atoms with Crippen LogP contribution < -0.4 is 15.2 Å². The van der Waals surface area contributed by atoms with Crippen molar-refractivity contribution in [2.75, 3.05) is 13.2 Å². The molecule has 0 bridgehead atoms. The van der Waals surface area contributed by atoms with Crippen molar-refractivity contribution in [3.8, 4) is 11.5 Å². The maximum atomic E-state index is 6.19. The van der Waals surface area contributed by atoms with Crippen molar-refractivity contribution >= 4 is 0 Å². The predicted molar refractivity (Wildman–Crippen MR) is 68.4 cm³/mol. The highest BCUT2D eigenvalue weighted by Crippen LogP contribution is 2.37. The number of nitrogens with two attached hydrogens (primary N) is 1. The zero-order valence-corrected chi connectivity index (χ0v) is 10.0. The summed E-state index contributed by atoms with van der Waals surface area (Å²) in [5, 5.41) is 0. The summed E-state index contributed by atoms with van der Waals surface area (Å²) >= 11 is 0. The summed E-state index contributed by atoms with van der Waals surface area (Å²) in [4.78, 5) is 0. The lowest BCUT2D eigenvalue weighted by molar-refractivity contribution is 0.169. The van der Waals surface area contributed by atoms with Crippen molar-refractivity contribution in [2.24, 2.45) is 5.73 Å². The Bertz CT molecular complexity index is 390. The third-order valence-electron chi connectivity index (χ3n) is 2.92. The first kappa shape index (κ1) is 12.0. The van der Waals surface area contributed by atoms with Crippen LogP contribution in [0.3, 0.4) is 0 Å². The van der Waals surface area contributed by atoms with Gasteiger partial charge in [0.2, 0.25) is 0 Å². The van der Waals surface area contributed by atoms with E-state index in [1.54, 1.807) is 0 Å². The average molecular weight is 233 g/mol. The molecule has 92 valence electrons. The second-order valence-electron chi connectivity index (χ2n) is 4.20. The van der Waals surface area contributed by atoms with Gasteiger partial charge in [-0.1, -0.05) is 18.2 Å². The molecule has 0 saturated carbocycles. The third kappa shape index (κ3) is 2.80. The molecule has 2 N–H and O–H groups in total. The molecule has 0 saturated heterocycles. The molecule has 0 amide bonds. The molecule has 1 aliphatic heterocycles. The number of unbranched alkanes of at least 4 members (excludes halogenated alkanes) is 1. The van der Waals surface area contributed by atoms with E-state index in [0.29, 0.717) is 13.2 Å². The van der Waals surface area contributed by atoms with Crippen molar-refractivity contribution in [1.82, 2.24) is 0 Å². The molecule has 3 nitrogen and oxygen atoms in total. The number of fused-ring (bicyclic) bond motifs is 1. The van der Waals surface area contributed by atoms with Crippen LogP contribution >= 0.6 is 0 Å². The van der Waals surface area contributed by atoms with Crippen molar-refractivity contribution in [3.63, 3.8) is 0 Å². The maximum absolute atomic E-state index is 6.19. The fraction of sp³-hybridized carbons (Fsp3) is 0.429. The highest BCUT2D eigenvalue weighted by molar-refractivity contribution is 5.48. The molecule has 0 spiro atoms. The van der Waals surface area contributed by atoms with E-state index in [4.69, 9.17) is 15.2 Å². The van der Waals surface area contributed by atoms with Gasteiger partial charge in [-0.25, -0.2) is 0 Å². The smallest absolute Gasteiger partial charge is 0.166 e. The van der Waals surface area contributed by atoms with E-state index in [1.807, 2.05) is 24.3 Å². The van der Waals surface area contributed by atoms with Crippen LogP contribution in [-0.4, -0.2) is 13.2 Å².